The zero-order valence-electron chi connectivity index (χ0n) is 8.99. The van der Waals surface area contributed by atoms with Crippen molar-refractivity contribution >= 4 is 17.5 Å². The lowest BCUT2D eigenvalue weighted by atomic mass is 9.86. The Kier molecular flexibility index (Phi) is 3.68. The summed E-state index contributed by atoms with van der Waals surface area (Å²) >= 11 is 5.59. The van der Waals surface area contributed by atoms with Gasteiger partial charge in [-0.05, 0) is 31.1 Å². The van der Waals surface area contributed by atoms with E-state index in [9.17, 15) is 4.79 Å². The minimum atomic E-state index is 0.296. The van der Waals surface area contributed by atoms with E-state index < -0.39 is 0 Å². The van der Waals surface area contributed by atoms with Gasteiger partial charge in [-0.15, -0.1) is 11.6 Å². The fourth-order valence-corrected chi connectivity index (χ4v) is 2.73. The minimum Gasteiger partial charge on any atom is -0.342 e. The fourth-order valence-electron chi connectivity index (χ4n) is 2.59. The van der Waals surface area contributed by atoms with Crippen LogP contribution in [0.2, 0.25) is 0 Å². The van der Waals surface area contributed by atoms with Crippen molar-refractivity contribution in [1.29, 1.82) is 0 Å². The third-order valence-corrected chi connectivity index (χ3v) is 3.77. The topological polar surface area (TPSA) is 20.3 Å². The second-order valence-electron chi connectivity index (χ2n) is 4.55. The number of rotatable bonds is 3. The number of amides is 1. The highest BCUT2D eigenvalue weighted by molar-refractivity contribution is 6.17. The number of halogens is 1. The summed E-state index contributed by atoms with van der Waals surface area (Å²) in [6, 6.07) is 0. The van der Waals surface area contributed by atoms with Crippen molar-refractivity contribution in [3.8, 4) is 0 Å². The molecule has 2 aliphatic rings. The molecule has 15 heavy (non-hydrogen) atoms. The van der Waals surface area contributed by atoms with E-state index in [0.29, 0.717) is 18.2 Å². The number of nitrogens with zero attached hydrogens (tertiary/aromatic N) is 1. The number of allylic oxidation sites excluding steroid dienone is 2. The van der Waals surface area contributed by atoms with E-state index >= 15 is 0 Å². The highest BCUT2D eigenvalue weighted by Gasteiger charge is 2.34. The Morgan fingerprint density at radius 1 is 1.27 bits per heavy atom. The van der Waals surface area contributed by atoms with E-state index in [-0.39, 0.29) is 0 Å². The number of hydrogen-bond acceptors (Lipinski definition) is 1. The van der Waals surface area contributed by atoms with Crippen LogP contribution in [0.15, 0.2) is 12.2 Å². The van der Waals surface area contributed by atoms with Crippen molar-refractivity contribution < 1.29 is 4.79 Å². The molecule has 0 aromatic rings. The number of alkyl halides is 1. The van der Waals surface area contributed by atoms with Crippen molar-refractivity contribution in [3.05, 3.63) is 12.2 Å². The average molecular weight is 228 g/mol. The maximum atomic E-state index is 11.8. The normalized spacial score (nSPS) is 29.3. The maximum absolute atomic E-state index is 11.8. The van der Waals surface area contributed by atoms with Crippen LogP contribution in [0.5, 0.6) is 0 Å². The molecule has 0 aromatic carbocycles. The second kappa shape index (κ2) is 5.02. The molecule has 0 N–H and O–H groups in total. The van der Waals surface area contributed by atoms with Gasteiger partial charge in [0.15, 0.2) is 0 Å². The molecule has 1 aliphatic heterocycles. The highest BCUT2D eigenvalue weighted by Crippen LogP contribution is 2.32. The Balaban J connectivity index is 1.84. The van der Waals surface area contributed by atoms with Crippen LogP contribution in [0, 0.1) is 11.8 Å². The zero-order valence-corrected chi connectivity index (χ0v) is 9.75. The van der Waals surface area contributed by atoms with Gasteiger partial charge in [0.05, 0.1) is 0 Å². The molecule has 2 unspecified atom stereocenters. The van der Waals surface area contributed by atoms with Crippen LogP contribution < -0.4 is 0 Å². The van der Waals surface area contributed by atoms with E-state index in [1.165, 1.54) is 0 Å². The molecule has 1 fully saturated rings. The summed E-state index contributed by atoms with van der Waals surface area (Å²) < 4.78 is 0. The second-order valence-corrected chi connectivity index (χ2v) is 4.93. The molecule has 1 aliphatic carbocycles. The summed E-state index contributed by atoms with van der Waals surface area (Å²) in [7, 11) is 0. The van der Waals surface area contributed by atoms with Gasteiger partial charge in [-0.2, -0.15) is 0 Å². The third kappa shape index (κ3) is 2.54. The Bertz CT molecular complexity index is 248. The first kappa shape index (κ1) is 11.0. The lowest BCUT2D eigenvalue weighted by molar-refractivity contribution is -0.130. The minimum absolute atomic E-state index is 0.296. The van der Waals surface area contributed by atoms with Crippen molar-refractivity contribution in [1.82, 2.24) is 4.90 Å². The summed E-state index contributed by atoms with van der Waals surface area (Å²) in [4.78, 5) is 13.8. The van der Waals surface area contributed by atoms with Gasteiger partial charge in [-0.25, -0.2) is 0 Å². The van der Waals surface area contributed by atoms with Gasteiger partial charge in [0.25, 0.3) is 0 Å². The highest BCUT2D eigenvalue weighted by atomic mass is 35.5. The summed E-state index contributed by atoms with van der Waals surface area (Å²) in [6.07, 6.45) is 8.26. The Labute approximate surface area is 96.3 Å². The van der Waals surface area contributed by atoms with Crippen molar-refractivity contribution in [2.75, 3.05) is 19.0 Å². The zero-order chi connectivity index (χ0) is 10.7. The van der Waals surface area contributed by atoms with Gasteiger partial charge in [-0.3, -0.25) is 4.79 Å². The van der Waals surface area contributed by atoms with Crippen LogP contribution in [-0.2, 0) is 4.79 Å². The van der Waals surface area contributed by atoms with Crippen molar-refractivity contribution in [2.45, 2.75) is 25.7 Å². The van der Waals surface area contributed by atoms with E-state index in [1.54, 1.807) is 0 Å². The van der Waals surface area contributed by atoms with Crippen LogP contribution in [0.1, 0.15) is 25.7 Å². The number of likely N-dealkylation sites (tertiary alicyclic amines) is 1. The monoisotopic (exact) mass is 227 g/mol. The molecule has 0 bridgehead atoms. The van der Waals surface area contributed by atoms with Crippen molar-refractivity contribution in [2.24, 2.45) is 11.8 Å². The van der Waals surface area contributed by atoms with Crippen LogP contribution in [0.25, 0.3) is 0 Å². The summed E-state index contributed by atoms with van der Waals surface area (Å²) in [6.45, 7) is 1.94. The lowest BCUT2D eigenvalue weighted by Gasteiger charge is -2.17. The predicted molar refractivity (Wildman–Crippen MR) is 61.9 cm³/mol. The van der Waals surface area contributed by atoms with Crippen LogP contribution in [0.3, 0.4) is 0 Å². The van der Waals surface area contributed by atoms with Gasteiger partial charge in [-0.1, -0.05) is 12.2 Å². The van der Waals surface area contributed by atoms with E-state index in [1.807, 2.05) is 4.90 Å². The standard InChI is InChI=1S/C12H18ClNO/c13-7-3-6-12(15)14-8-10-4-1-2-5-11(10)9-14/h1-2,10-11H,3-9H2. The van der Waals surface area contributed by atoms with Crippen LogP contribution >= 0.6 is 11.6 Å². The van der Waals surface area contributed by atoms with Crippen LogP contribution in [-0.4, -0.2) is 29.8 Å². The molecule has 1 amide bonds. The Morgan fingerprint density at radius 2 is 1.87 bits per heavy atom. The maximum Gasteiger partial charge on any atom is 0.222 e. The summed E-state index contributed by atoms with van der Waals surface area (Å²) in [5, 5.41) is 0. The average Bonchev–Trinajstić information content (AvgIpc) is 2.69. The Morgan fingerprint density at radius 3 is 2.40 bits per heavy atom. The Hall–Kier alpha value is -0.500. The van der Waals surface area contributed by atoms with Gasteiger partial charge in [0.2, 0.25) is 5.91 Å². The number of hydrogen-bond donors (Lipinski definition) is 0. The van der Waals surface area contributed by atoms with Gasteiger partial charge < -0.3 is 4.90 Å². The molecule has 84 valence electrons. The molecule has 0 spiro atoms. The van der Waals surface area contributed by atoms with E-state index in [4.69, 9.17) is 11.6 Å². The van der Waals surface area contributed by atoms with E-state index in [2.05, 4.69) is 12.2 Å². The molecule has 1 saturated heterocycles. The molecule has 2 atom stereocenters. The van der Waals surface area contributed by atoms with Gasteiger partial charge in [0.1, 0.15) is 0 Å². The number of carbonyl (C=O) groups excluding carboxylic acids is 1. The molecule has 0 radical (unpaired) electrons. The summed E-state index contributed by atoms with van der Waals surface area (Å²) in [5.74, 6) is 2.32. The molecule has 2 nitrogen and oxygen atoms in total. The molecule has 0 saturated carbocycles. The first-order valence-electron chi connectivity index (χ1n) is 5.80. The van der Waals surface area contributed by atoms with Crippen molar-refractivity contribution in [3.63, 3.8) is 0 Å². The first-order chi connectivity index (χ1) is 7.31. The lowest BCUT2D eigenvalue weighted by Crippen LogP contribution is -2.28. The van der Waals surface area contributed by atoms with Gasteiger partial charge >= 0.3 is 0 Å². The predicted octanol–water partition coefficient (Wildman–Crippen LogP) is 2.43. The SMILES string of the molecule is O=C(CCCCl)N1CC2CC=CCC2C1. The third-order valence-electron chi connectivity index (χ3n) is 3.50. The smallest absolute Gasteiger partial charge is 0.222 e. The molecular formula is C12H18ClNO. The molecule has 2 rings (SSSR count). The molecule has 0 aromatic heterocycles. The number of fused-ring (bicyclic) bond motifs is 1. The first-order valence-corrected chi connectivity index (χ1v) is 6.33. The van der Waals surface area contributed by atoms with Crippen LogP contribution in [0.4, 0.5) is 0 Å². The molecular weight excluding hydrogens is 210 g/mol. The fraction of sp³-hybridized carbons (Fsp3) is 0.750. The molecule has 1 heterocycles. The quantitative estimate of drug-likeness (QED) is 0.536. The molecule has 3 heteroatoms. The number of carbonyl (C=O) groups is 1. The van der Waals surface area contributed by atoms with Gasteiger partial charge in [0, 0.05) is 25.4 Å². The summed E-state index contributed by atoms with van der Waals surface area (Å²) in [5.41, 5.74) is 0. The largest absolute Gasteiger partial charge is 0.342 e. The van der Waals surface area contributed by atoms with E-state index in [0.717, 1.165) is 44.2 Å².